The van der Waals surface area contributed by atoms with Gasteiger partial charge in [0.1, 0.15) is 5.92 Å². The number of para-hydroxylation sites is 2. The molecule has 4 aromatic rings. The standard InChI is InChI=1S/C30H26Cl2N2O4/c1-2-38-30(37)26(22-10-5-6-13-25(22)33-27-23(31)11-7-12-24(27)32)18-14-16-19(17-15-18)34-28(35)20-8-3-4-9-21(20)29(34)36/h3-17,26,28-29,33,35-36H,2H2,1H3. The number of carbonyl (C=O) groups excluding carboxylic acids is 1. The van der Waals surface area contributed by atoms with Crippen LogP contribution in [0.4, 0.5) is 17.1 Å². The van der Waals surface area contributed by atoms with Gasteiger partial charge in [-0.1, -0.05) is 83.9 Å². The predicted octanol–water partition coefficient (Wildman–Crippen LogP) is 6.93. The molecule has 3 atom stereocenters. The Kier molecular flexibility index (Phi) is 7.58. The maximum absolute atomic E-state index is 13.3. The van der Waals surface area contributed by atoms with Crippen LogP contribution in [0.5, 0.6) is 0 Å². The third-order valence-corrected chi connectivity index (χ3v) is 7.25. The molecule has 0 amide bonds. The third-order valence-electron chi connectivity index (χ3n) is 6.62. The lowest BCUT2D eigenvalue weighted by molar-refractivity contribution is -0.143. The number of ether oxygens (including phenoxy) is 1. The highest BCUT2D eigenvalue weighted by Crippen LogP contribution is 2.43. The fourth-order valence-corrected chi connectivity index (χ4v) is 5.31. The van der Waals surface area contributed by atoms with E-state index in [2.05, 4.69) is 5.32 Å². The fraction of sp³-hybridized carbons (Fsp3) is 0.167. The second-order valence-electron chi connectivity index (χ2n) is 8.87. The summed E-state index contributed by atoms with van der Waals surface area (Å²) in [6, 6.07) is 27.1. The maximum atomic E-state index is 13.3. The highest BCUT2D eigenvalue weighted by Gasteiger charge is 2.36. The molecule has 0 aromatic heterocycles. The zero-order valence-electron chi connectivity index (χ0n) is 20.5. The van der Waals surface area contributed by atoms with Crippen molar-refractivity contribution in [2.45, 2.75) is 25.3 Å². The summed E-state index contributed by atoms with van der Waals surface area (Å²) in [7, 11) is 0. The highest BCUT2D eigenvalue weighted by molar-refractivity contribution is 6.39. The number of carbonyl (C=O) groups is 1. The van der Waals surface area contributed by atoms with Gasteiger partial charge in [0.05, 0.1) is 22.3 Å². The second kappa shape index (κ2) is 11.1. The van der Waals surface area contributed by atoms with E-state index >= 15 is 0 Å². The highest BCUT2D eigenvalue weighted by atomic mass is 35.5. The topological polar surface area (TPSA) is 82.0 Å². The van der Waals surface area contributed by atoms with Crippen molar-refractivity contribution in [2.24, 2.45) is 0 Å². The van der Waals surface area contributed by atoms with Gasteiger partial charge in [-0.2, -0.15) is 0 Å². The minimum Gasteiger partial charge on any atom is -0.465 e. The summed E-state index contributed by atoms with van der Waals surface area (Å²) >= 11 is 12.8. The first-order valence-corrected chi connectivity index (χ1v) is 13.0. The molecule has 0 aliphatic carbocycles. The number of nitrogens with one attached hydrogen (secondary N) is 1. The molecule has 1 heterocycles. The predicted molar refractivity (Wildman–Crippen MR) is 150 cm³/mol. The first-order chi connectivity index (χ1) is 18.4. The Morgan fingerprint density at radius 2 is 1.45 bits per heavy atom. The monoisotopic (exact) mass is 548 g/mol. The molecule has 4 aromatic carbocycles. The molecule has 0 saturated heterocycles. The largest absolute Gasteiger partial charge is 0.465 e. The van der Waals surface area contributed by atoms with Crippen LogP contribution >= 0.6 is 23.2 Å². The molecule has 194 valence electrons. The smallest absolute Gasteiger partial charge is 0.317 e. The summed E-state index contributed by atoms with van der Waals surface area (Å²) in [6.45, 7) is 1.99. The molecule has 3 N–H and O–H groups in total. The van der Waals surface area contributed by atoms with Gasteiger partial charge < -0.3 is 25.2 Å². The SMILES string of the molecule is CCOC(=O)C(c1ccc(N2C(O)c3ccccc3C2O)cc1)c1ccccc1Nc1c(Cl)cccc1Cl. The zero-order valence-corrected chi connectivity index (χ0v) is 22.0. The van der Waals surface area contributed by atoms with E-state index in [0.717, 1.165) is 0 Å². The summed E-state index contributed by atoms with van der Waals surface area (Å²) in [4.78, 5) is 14.8. The van der Waals surface area contributed by atoms with Crippen LogP contribution in [0.15, 0.2) is 91.0 Å². The molecule has 0 saturated carbocycles. The summed E-state index contributed by atoms with van der Waals surface area (Å²) in [6.07, 6.45) is -1.98. The van der Waals surface area contributed by atoms with E-state index in [1.807, 2.05) is 36.4 Å². The Bertz CT molecular complexity index is 1410. The van der Waals surface area contributed by atoms with Gasteiger partial charge in [0.2, 0.25) is 0 Å². The fourth-order valence-electron chi connectivity index (χ4n) is 4.82. The number of rotatable bonds is 7. The summed E-state index contributed by atoms with van der Waals surface area (Å²) in [5, 5.41) is 25.9. The zero-order chi connectivity index (χ0) is 26.8. The molecule has 0 spiro atoms. The molecule has 1 aliphatic heterocycles. The molecule has 1 aliphatic rings. The minimum atomic E-state index is -0.988. The Morgan fingerprint density at radius 1 is 0.868 bits per heavy atom. The molecule has 0 radical (unpaired) electrons. The molecule has 0 bridgehead atoms. The van der Waals surface area contributed by atoms with Gasteiger partial charge in [0.25, 0.3) is 0 Å². The van der Waals surface area contributed by atoms with E-state index in [9.17, 15) is 15.0 Å². The Morgan fingerprint density at radius 3 is 2.05 bits per heavy atom. The normalized spacial score (nSPS) is 17.1. The quantitative estimate of drug-likeness (QED) is 0.217. The van der Waals surface area contributed by atoms with Crippen molar-refractivity contribution in [2.75, 3.05) is 16.8 Å². The first-order valence-electron chi connectivity index (χ1n) is 12.2. The maximum Gasteiger partial charge on any atom is 0.317 e. The van der Waals surface area contributed by atoms with E-state index < -0.39 is 24.3 Å². The van der Waals surface area contributed by atoms with Gasteiger partial charge in [-0.3, -0.25) is 4.79 Å². The van der Waals surface area contributed by atoms with Crippen LogP contribution in [0.2, 0.25) is 10.0 Å². The van der Waals surface area contributed by atoms with Gasteiger partial charge in [-0.05, 0) is 48.4 Å². The van der Waals surface area contributed by atoms with Crippen molar-refractivity contribution in [3.8, 4) is 0 Å². The van der Waals surface area contributed by atoms with E-state index in [0.29, 0.717) is 49.4 Å². The number of anilines is 3. The van der Waals surface area contributed by atoms with Crippen LogP contribution in [0.1, 0.15) is 47.6 Å². The molecular weight excluding hydrogens is 523 g/mol. The van der Waals surface area contributed by atoms with Gasteiger partial charge in [-0.15, -0.1) is 0 Å². The number of hydrogen-bond donors (Lipinski definition) is 3. The number of aliphatic hydroxyl groups excluding tert-OH is 2. The lowest BCUT2D eigenvalue weighted by atomic mass is 9.89. The Labute approximate surface area is 231 Å². The van der Waals surface area contributed by atoms with Crippen molar-refractivity contribution in [1.29, 1.82) is 0 Å². The summed E-state index contributed by atoms with van der Waals surface area (Å²) in [5.41, 5.74) is 4.50. The van der Waals surface area contributed by atoms with Crippen LogP contribution in [-0.4, -0.2) is 22.8 Å². The summed E-state index contributed by atoms with van der Waals surface area (Å²) in [5.74, 6) is -1.16. The minimum absolute atomic E-state index is 0.226. The van der Waals surface area contributed by atoms with Crippen molar-refractivity contribution >= 4 is 46.2 Å². The molecule has 5 rings (SSSR count). The molecular formula is C30H26Cl2N2O4. The van der Waals surface area contributed by atoms with E-state index in [1.54, 1.807) is 61.5 Å². The van der Waals surface area contributed by atoms with E-state index in [4.69, 9.17) is 27.9 Å². The number of fused-ring (bicyclic) bond motifs is 1. The third kappa shape index (κ3) is 4.84. The molecule has 8 heteroatoms. The lowest BCUT2D eigenvalue weighted by Crippen LogP contribution is -2.25. The van der Waals surface area contributed by atoms with Crippen molar-refractivity contribution < 1.29 is 19.7 Å². The molecule has 0 fully saturated rings. The summed E-state index contributed by atoms with van der Waals surface area (Å²) < 4.78 is 5.46. The van der Waals surface area contributed by atoms with Gasteiger partial charge >= 0.3 is 5.97 Å². The number of halogens is 2. The van der Waals surface area contributed by atoms with Crippen molar-refractivity contribution in [3.05, 3.63) is 123 Å². The number of esters is 1. The molecule has 38 heavy (non-hydrogen) atoms. The molecule has 6 nitrogen and oxygen atoms in total. The van der Waals surface area contributed by atoms with Gasteiger partial charge in [-0.25, -0.2) is 0 Å². The first kappa shape index (κ1) is 26.1. The van der Waals surface area contributed by atoms with Gasteiger partial charge in [0, 0.05) is 22.5 Å². The van der Waals surface area contributed by atoms with Crippen LogP contribution in [0.3, 0.4) is 0 Å². The van der Waals surface area contributed by atoms with E-state index in [1.165, 1.54) is 4.90 Å². The second-order valence-corrected chi connectivity index (χ2v) is 9.68. The van der Waals surface area contributed by atoms with Crippen LogP contribution in [0.25, 0.3) is 0 Å². The molecule has 3 unspecified atom stereocenters. The van der Waals surface area contributed by atoms with Crippen molar-refractivity contribution in [1.82, 2.24) is 0 Å². The number of hydrogen-bond acceptors (Lipinski definition) is 6. The van der Waals surface area contributed by atoms with Crippen molar-refractivity contribution in [3.63, 3.8) is 0 Å². The Balaban J connectivity index is 1.51. The average Bonchev–Trinajstić information content (AvgIpc) is 3.18. The Hall–Kier alpha value is -3.55. The van der Waals surface area contributed by atoms with Gasteiger partial charge in [0.15, 0.2) is 12.5 Å². The van der Waals surface area contributed by atoms with E-state index in [-0.39, 0.29) is 6.61 Å². The lowest BCUT2D eigenvalue weighted by Gasteiger charge is -2.27. The number of benzene rings is 4. The van der Waals surface area contributed by atoms with Crippen LogP contribution < -0.4 is 10.2 Å². The number of aliphatic hydroxyl groups is 2. The average molecular weight is 549 g/mol. The van der Waals surface area contributed by atoms with Crippen LogP contribution in [0, 0.1) is 0 Å². The van der Waals surface area contributed by atoms with Crippen LogP contribution in [-0.2, 0) is 9.53 Å². The number of nitrogens with zero attached hydrogens (tertiary/aromatic N) is 1.